The van der Waals surface area contributed by atoms with Crippen molar-refractivity contribution in [1.82, 2.24) is 5.32 Å². The molecule has 3 rings (SSSR count). The number of ether oxygens (including phenoxy) is 1. The van der Waals surface area contributed by atoms with Crippen LogP contribution in [0.15, 0.2) is 91.5 Å². The number of amides is 2. The summed E-state index contributed by atoms with van der Waals surface area (Å²) < 4.78 is 5.43. The highest BCUT2D eigenvalue weighted by atomic mass is 16.5. The topological polar surface area (TPSA) is 67.4 Å². The third-order valence-electron chi connectivity index (χ3n) is 4.45. The van der Waals surface area contributed by atoms with E-state index in [4.69, 9.17) is 4.74 Å². The van der Waals surface area contributed by atoms with Crippen LogP contribution >= 0.6 is 0 Å². The Bertz CT molecular complexity index is 998. The van der Waals surface area contributed by atoms with Gasteiger partial charge < -0.3 is 15.4 Å². The molecule has 0 heterocycles. The van der Waals surface area contributed by atoms with Crippen molar-refractivity contribution in [2.45, 2.75) is 6.42 Å². The maximum absolute atomic E-state index is 12.6. The van der Waals surface area contributed by atoms with Gasteiger partial charge in [0.05, 0.1) is 11.3 Å². The van der Waals surface area contributed by atoms with Crippen LogP contribution in [0.4, 0.5) is 5.69 Å². The van der Waals surface area contributed by atoms with Crippen molar-refractivity contribution < 1.29 is 14.3 Å². The lowest BCUT2D eigenvalue weighted by molar-refractivity contribution is 0.0955. The molecule has 30 heavy (non-hydrogen) atoms. The van der Waals surface area contributed by atoms with Gasteiger partial charge in [0.2, 0.25) is 0 Å². The smallest absolute Gasteiger partial charge is 0.255 e. The monoisotopic (exact) mass is 400 g/mol. The van der Waals surface area contributed by atoms with Gasteiger partial charge in [-0.25, -0.2) is 0 Å². The van der Waals surface area contributed by atoms with Gasteiger partial charge in [0.1, 0.15) is 12.4 Å². The van der Waals surface area contributed by atoms with E-state index < -0.39 is 0 Å². The van der Waals surface area contributed by atoms with Crippen LogP contribution in [0.3, 0.4) is 0 Å². The number of rotatable bonds is 9. The second-order valence-electron chi connectivity index (χ2n) is 6.62. The lowest BCUT2D eigenvalue weighted by atomic mass is 10.1. The summed E-state index contributed by atoms with van der Waals surface area (Å²) in [6, 6.07) is 23.7. The van der Waals surface area contributed by atoms with Crippen LogP contribution in [0, 0.1) is 0 Å². The van der Waals surface area contributed by atoms with Gasteiger partial charge in [0, 0.05) is 12.1 Å². The van der Waals surface area contributed by atoms with E-state index >= 15 is 0 Å². The van der Waals surface area contributed by atoms with Crippen molar-refractivity contribution in [1.29, 1.82) is 0 Å². The van der Waals surface area contributed by atoms with Gasteiger partial charge in [-0.2, -0.15) is 0 Å². The number of benzene rings is 3. The molecule has 0 fully saturated rings. The molecule has 0 aliphatic carbocycles. The van der Waals surface area contributed by atoms with Gasteiger partial charge in [-0.05, 0) is 48.4 Å². The largest absolute Gasteiger partial charge is 0.490 e. The second kappa shape index (κ2) is 10.6. The molecular weight excluding hydrogens is 376 g/mol. The maximum atomic E-state index is 12.6. The Labute approximate surface area is 176 Å². The van der Waals surface area contributed by atoms with Crippen molar-refractivity contribution >= 4 is 17.5 Å². The number of hydrogen-bond donors (Lipinski definition) is 2. The average molecular weight is 400 g/mol. The first-order valence-corrected chi connectivity index (χ1v) is 9.73. The van der Waals surface area contributed by atoms with E-state index in [9.17, 15) is 9.59 Å². The lowest BCUT2D eigenvalue weighted by Crippen LogP contribution is -2.27. The predicted molar refractivity (Wildman–Crippen MR) is 119 cm³/mol. The molecule has 0 radical (unpaired) electrons. The minimum atomic E-state index is -0.296. The predicted octanol–water partition coefficient (Wildman–Crippen LogP) is 4.48. The van der Waals surface area contributed by atoms with Gasteiger partial charge in [-0.3, -0.25) is 9.59 Å². The molecule has 0 saturated carbocycles. The van der Waals surface area contributed by atoms with Gasteiger partial charge in [-0.1, -0.05) is 55.1 Å². The van der Waals surface area contributed by atoms with Gasteiger partial charge in [0.25, 0.3) is 11.8 Å². The molecule has 0 aromatic heterocycles. The average Bonchev–Trinajstić information content (AvgIpc) is 2.79. The minimum Gasteiger partial charge on any atom is -0.490 e. The molecule has 5 nitrogen and oxygen atoms in total. The third kappa shape index (κ3) is 5.82. The van der Waals surface area contributed by atoms with E-state index in [1.165, 1.54) is 0 Å². The summed E-state index contributed by atoms with van der Waals surface area (Å²) in [6.07, 6.45) is 2.39. The van der Waals surface area contributed by atoms with Crippen molar-refractivity contribution in [3.8, 4) is 5.75 Å². The molecule has 0 saturated heterocycles. The summed E-state index contributed by atoms with van der Waals surface area (Å²) in [6.45, 7) is 4.52. The molecular formula is C25H24N2O3. The summed E-state index contributed by atoms with van der Waals surface area (Å²) in [5.41, 5.74) is 2.51. The minimum absolute atomic E-state index is 0.227. The fraction of sp³-hybridized carbons (Fsp3) is 0.120. The number of hydrogen-bond acceptors (Lipinski definition) is 3. The molecule has 0 aliphatic heterocycles. The van der Waals surface area contributed by atoms with Crippen LogP contribution in [-0.4, -0.2) is 25.0 Å². The molecule has 3 aromatic carbocycles. The van der Waals surface area contributed by atoms with Crippen molar-refractivity contribution in [2.75, 3.05) is 18.5 Å². The Morgan fingerprint density at radius 1 is 0.867 bits per heavy atom. The first kappa shape index (κ1) is 20.9. The van der Waals surface area contributed by atoms with E-state index in [-0.39, 0.29) is 11.8 Å². The number of anilines is 1. The summed E-state index contributed by atoms with van der Waals surface area (Å²) in [5.74, 6) is 0.134. The summed E-state index contributed by atoms with van der Waals surface area (Å²) in [7, 11) is 0. The van der Waals surface area contributed by atoms with Crippen molar-refractivity contribution in [3.05, 3.63) is 108 Å². The summed E-state index contributed by atoms with van der Waals surface area (Å²) in [4.78, 5) is 25.2. The van der Waals surface area contributed by atoms with Crippen LogP contribution in [0.25, 0.3) is 0 Å². The van der Waals surface area contributed by atoms with E-state index in [1.54, 1.807) is 54.6 Å². The van der Waals surface area contributed by atoms with Gasteiger partial charge >= 0.3 is 0 Å². The molecule has 5 heteroatoms. The van der Waals surface area contributed by atoms with E-state index in [1.807, 2.05) is 30.3 Å². The number of carbonyl (C=O) groups excluding carboxylic acids is 2. The fourth-order valence-corrected chi connectivity index (χ4v) is 2.90. The summed E-state index contributed by atoms with van der Waals surface area (Å²) in [5, 5.41) is 5.73. The molecule has 0 bridgehead atoms. The quantitative estimate of drug-likeness (QED) is 0.521. The molecule has 0 unspecified atom stereocenters. The molecule has 0 spiro atoms. The SMILES string of the molecule is C=CCOc1ccc(C(=O)Nc2ccccc2C(=O)NCCc2ccccc2)cc1. The molecule has 0 atom stereocenters. The highest BCUT2D eigenvalue weighted by Crippen LogP contribution is 2.18. The summed E-state index contributed by atoms with van der Waals surface area (Å²) >= 11 is 0. The Hall–Kier alpha value is -3.86. The van der Waals surface area contributed by atoms with Crippen LogP contribution in [0.2, 0.25) is 0 Å². The fourth-order valence-electron chi connectivity index (χ4n) is 2.90. The van der Waals surface area contributed by atoms with E-state index in [2.05, 4.69) is 17.2 Å². The first-order chi connectivity index (χ1) is 14.7. The van der Waals surface area contributed by atoms with Gasteiger partial charge in [-0.15, -0.1) is 0 Å². The molecule has 2 amide bonds. The maximum Gasteiger partial charge on any atom is 0.255 e. The second-order valence-corrected chi connectivity index (χ2v) is 6.62. The Balaban J connectivity index is 1.62. The third-order valence-corrected chi connectivity index (χ3v) is 4.45. The highest BCUT2D eigenvalue weighted by Gasteiger charge is 2.14. The van der Waals surface area contributed by atoms with Crippen LogP contribution in [-0.2, 0) is 6.42 Å². The molecule has 152 valence electrons. The van der Waals surface area contributed by atoms with Crippen LogP contribution in [0.1, 0.15) is 26.3 Å². The van der Waals surface area contributed by atoms with Gasteiger partial charge in [0.15, 0.2) is 0 Å². The zero-order valence-corrected chi connectivity index (χ0v) is 16.6. The highest BCUT2D eigenvalue weighted by molar-refractivity contribution is 6.09. The lowest BCUT2D eigenvalue weighted by Gasteiger charge is -2.12. The van der Waals surface area contributed by atoms with E-state index in [0.29, 0.717) is 35.7 Å². The Kier molecular flexibility index (Phi) is 7.39. The number of carbonyl (C=O) groups is 2. The van der Waals surface area contributed by atoms with Crippen LogP contribution in [0.5, 0.6) is 5.75 Å². The zero-order valence-electron chi connectivity index (χ0n) is 16.6. The Morgan fingerprint density at radius 3 is 2.30 bits per heavy atom. The molecule has 2 N–H and O–H groups in total. The van der Waals surface area contributed by atoms with Crippen molar-refractivity contribution in [2.24, 2.45) is 0 Å². The number of para-hydroxylation sites is 1. The molecule has 0 aliphatic rings. The zero-order chi connectivity index (χ0) is 21.2. The van der Waals surface area contributed by atoms with Crippen LogP contribution < -0.4 is 15.4 Å². The standard InChI is InChI=1S/C25H24N2O3/c1-2-18-30-21-14-12-20(13-15-21)24(28)27-23-11-7-6-10-22(23)25(29)26-17-16-19-8-4-3-5-9-19/h2-15H,1,16-18H2,(H,26,29)(H,27,28). The Morgan fingerprint density at radius 2 is 1.57 bits per heavy atom. The number of nitrogens with one attached hydrogen (secondary N) is 2. The molecule has 3 aromatic rings. The normalized spacial score (nSPS) is 10.1. The van der Waals surface area contributed by atoms with Crippen molar-refractivity contribution in [3.63, 3.8) is 0 Å². The first-order valence-electron chi connectivity index (χ1n) is 9.73. The van der Waals surface area contributed by atoms with E-state index in [0.717, 1.165) is 12.0 Å².